The smallest absolute Gasteiger partial charge is 0.370 e. The van der Waals surface area contributed by atoms with E-state index >= 15 is 0 Å². The molecule has 39 heavy (non-hydrogen) atoms. The van der Waals surface area contributed by atoms with Crippen LogP contribution in [0.25, 0.3) is 11.0 Å². The van der Waals surface area contributed by atoms with Gasteiger partial charge in [0, 0.05) is 45.1 Å². The quantitative estimate of drug-likeness (QED) is 0.195. The number of imidazole rings is 1. The maximum atomic E-state index is 13.4. The number of fused-ring (bicyclic) bond motifs is 1. The van der Waals surface area contributed by atoms with E-state index in [1.54, 1.807) is 40.9 Å². The Labute approximate surface area is 243 Å². The van der Waals surface area contributed by atoms with Gasteiger partial charge in [-0.25, -0.2) is 4.98 Å². The molecule has 1 atom stereocenters. The Morgan fingerprint density at radius 3 is 2.59 bits per heavy atom. The van der Waals surface area contributed by atoms with E-state index in [-0.39, 0.29) is 13.0 Å². The van der Waals surface area contributed by atoms with Crippen molar-refractivity contribution in [3.8, 4) is 0 Å². The van der Waals surface area contributed by atoms with Crippen LogP contribution in [0.4, 0.5) is 30.5 Å². The van der Waals surface area contributed by atoms with Crippen molar-refractivity contribution < 1.29 is 13.2 Å². The summed E-state index contributed by atoms with van der Waals surface area (Å²) < 4.78 is 42.0. The highest BCUT2D eigenvalue weighted by Gasteiger charge is 2.42. The molecule has 4 aromatic rings. The third-order valence-corrected chi connectivity index (χ3v) is 8.19. The number of aromatic nitrogens is 3. The minimum Gasteiger partial charge on any atom is -0.370 e. The van der Waals surface area contributed by atoms with E-state index < -0.39 is 12.1 Å². The summed E-state index contributed by atoms with van der Waals surface area (Å²) in [5.74, 6) is -0.923. The van der Waals surface area contributed by atoms with Crippen molar-refractivity contribution in [3.05, 3.63) is 67.9 Å². The van der Waals surface area contributed by atoms with E-state index in [0.717, 1.165) is 11.3 Å². The van der Waals surface area contributed by atoms with Crippen LogP contribution in [0.1, 0.15) is 24.1 Å². The summed E-state index contributed by atoms with van der Waals surface area (Å²) in [7, 11) is 1.80. The van der Waals surface area contributed by atoms with E-state index in [0.29, 0.717) is 74.5 Å². The molecule has 2 aromatic carbocycles. The number of piperidine rings is 1. The largest absolute Gasteiger partial charge is 0.393 e. The maximum absolute atomic E-state index is 13.4. The van der Waals surface area contributed by atoms with Gasteiger partial charge in [0.1, 0.15) is 0 Å². The van der Waals surface area contributed by atoms with Gasteiger partial charge in [0.25, 0.3) is 0 Å². The molecular weight excluding hydrogens is 595 g/mol. The standard InChI is InChI=1S/C26H25Cl4F3N6/c1-38-22-9-21(39-6-2-3-15(13-39)26(31,32)33)19(29)8-20(22)36-25(38)37-24-18(28)5-4-14(23(24)30)10-34-12-17-7-16(27)11-35-17/h4-5,7-9,11,15,34-35H,2-3,6,10,12-13H2,1H3,(H,36,37). The fourth-order valence-corrected chi connectivity index (χ4v) is 5.82. The van der Waals surface area contributed by atoms with Crippen LogP contribution in [-0.4, -0.2) is 33.8 Å². The van der Waals surface area contributed by atoms with Gasteiger partial charge in [-0.1, -0.05) is 52.5 Å². The Kier molecular flexibility index (Phi) is 8.18. The average molecular weight is 620 g/mol. The molecule has 1 unspecified atom stereocenters. The van der Waals surface area contributed by atoms with Gasteiger partial charge in [-0.3, -0.25) is 0 Å². The lowest BCUT2D eigenvalue weighted by Crippen LogP contribution is -2.41. The number of alkyl halides is 3. The average Bonchev–Trinajstić information content (AvgIpc) is 3.44. The Morgan fingerprint density at radius 1 is 1.08 bits per heavy atom. The second kappa shape index (κ2) is 11.3. The van der Waals surface area contributed by atoms with Crippen LogP contribution in [0.3, 0.4) is 0 Å². The number of H-pyrrole nitrogens is 1. The molecule has 13 heteroatoms. The highest BCUT2D eigenvalue weighted by molar-refractivity contribution is 6.39. The summed E-state index contributed by atoms with van der Waals surface area (Å²) >= 11 is 25.7. The van der Waals surface area contributed by atoms with Crippen LogP contribution in [-0.2, 0) is 20.1 Å². The number of aryl methyl sites for hydroxylation is 1. The predicted octanol–water partition coefficient (Wildman–Crippen LogP) is 8.33. The molecule has 6 nitrogen and oxygen atoms in total. The fourth-order valence-electron chi connectivity index (χ4n) is 4.82. The first-order valence-electron chi connectivity index (χ1n) is 12.3. The minimum atomic E-state index is -4.24. The van der Waals surface area contributed by atoms with Gasteiger partial charge < -0.3 is 25.1 Å². The van der Waals surface area contributed by atoms with Crippen LogP contribution in [0.15, 0.2) is 36.5 Å². The summed E-state index contributed by atoms with van der Waals surface area (Å²) in [4.78, 5) is 9.43. The zero-order chi connectivity index (χ0) is 27.9. The van der Waals surface area contributed by atoms with Crippen molar-refractivity contribution in [2.24, 2.45) is 13.0 Å². The number of hydrogen-bond acceptors (Lipinski definition) is 4. The van der Waals surface area contributed by atoms with Gasteiger partial charge in [-0.15, -0.1) is 0 Å². The molecule has 5 rings (SSSR count). The summed E-state index contributed by atoms with van der Waals surface area (Å²) in [5, 5.41) is 8.39. The lowest BCUT2D eigenvalue weighted by molar-refractivity contribution is -0.175. The summed E-state index contributed by atoms with van der Waals surface area (Å²) in [5.41, 5.74) is 4.12. The SMILES string of the molecule is Cn1c(Nc2c(Cl)ccc(CNCc3cc(Cl)c[nH]3)c2Cl)nc2cc(Cl)c(N3CCCC(C(F)(F)F)C3)cc21. The molecule has 0 saturated carbocycles. The van der Waals surface area contributed by atoms with Gasteiger partial charge in [-0.05, 0) is 42.7 Å². The van der Waals surface area contributed by atoms with E-state index in [4.69, 9.17) is 46.4 Å². The molecule has 208 valence electrons. The molecule has 2 aromatic heterocycles. The Bertz CT molecular complexity index is 1500. The van der Waals surface area contributed by atoms with Crippen molar-refractivity contribution in [2.45, 2.75) is 32.1 Å². The first-order chi connectivity index (χ1) is 18.5. The first kappa shape index (κ1) is 28.2. The second-order valence-corrected chi connectivity index (χ2v) is 11.2. The summed E-state index contributed by atoms with van der Waals surface area (Å²) in [6.07, 6.45) is -1.96. The number of rotatable bonds is 7. The molecule has 1 aliphatic rings. The maximum Gasteiger partial charge on any atom is 0.393 e. The monoisotopic (exact) mass is 618 g/mol. The summed E-state index contributed by atoms with van der Waals surface area (Å²) in [6.45, 7) is 1.44. The fraction of sp³-hybridized carbons (Fsp3) is 0.346. The highest BCUT2D eigenvalue weighted by Crippen LogP contribution is 2.40. The molecule has 0 spiro atoms. The van der Waals surface area contributed by atoms with Crippen LogP contribution in [0, 0.1) is 5.92 Å². The minimum absolute atomic E-state index is 0.121. The molecule has 3 N–H and O–H groups in total. The molecule has 1 fully saturated rings. The van der Waals surface area contributed by atoms with Crippen molar-refractivity contribution in [1.29, 1.82) is 0 Å². The van der Waals surface area contributed by atoms with Crippen molar-refractivity contribution in [3.63, 3.8) is 0 Å². The molecule has 1 saturated heterocycles. The third kappa shape index (κ3) is 6.07. The van der Waals surface area contributed by atoms with Gasteiger partial charge >= 0.3 is 6.18 Å². The summed E-state index contributed by atoms with van der Waals surface area (Å²) in [6, 6.07) is 8.89. The second-order valence-electron chi connectivity index (χ2n) is 9.58. The predicted molar refractivity (Wildman–Crippen MR) is 153 cm³/mol. The first-order valence-corrected chi connectivity index (χ1v) is 13.8. The normalized spacial score (nSPS) is 16.3. The topological polar surface area (TPSA) is 60.9 Å². The van der Waals surface area contributed by atoms with Gasteiger partial charge in [-0.2, -0.15) is 13.2 Å². The van der Waals surface area contributed by atoms with Crippen molar-refractivity contribution >= 4 is 74.8 Å². The lowest BCUT2D eigenvalue weighted by Gasteiger charge is -2.35. The van der Waals surface area contributed by atoms with Crippen LogP contribution in [0.5, 0.6) is 0 Å². The number of aromatic amines is 1. The number of hydrogen-bond donors (Lipinski definition) is 3. The van der Waals surface area contributed by atoms with Crippen molar-refractivity contribution in [1.82, 2.24) is 19.9 Å². The zero-order valence-corrected chi connectivity index (χ0v) is 23.8. The van der Waals surface area contributed by atoms with Crippen LogP contribution < -0.4 is 15.5 Å². The van der Waals surface area contributed by atoms with E-state index in [2.05, 4.69) is 20.6 Å². The van der Waals surface area contributed by atoms with E-state index in [1.807, 2.05) is 12.1 Å². The van der Waals surface area contributed by atoms with Gasteiger partial charge in [0.15, 0.2) is 0 Å². The molecule has 3 heterocycles. The molecule has 0 amide bonds. The Balaban J connectivity index is 1.38. The third-order valence-electron chi connectivity index (χ3n) is 6.92. The van der Waals surface area contributed by atoms with Crippen LogP contribution in [0.2, 0.25) is 20.1 Å². The van der Waals surface area contributed by atoms with Crippen molar-refractivity contribution in [2.75, 3.05) is 23.3 Å². The number of nitrogens with zero attached hydrogens (tertiary/aromatic N) is 3. The lowest BCUT2D eigenvalue weighted by atomic mass is 9.97. The highest BCUT2D eigenvalue weighted by atomic mass is 35.5. The van der Waals surface area contributed by atoms with Crippen LogP contribution >= 0.6 is 46.4 Å². The van der Waals surface area contributed by atoms with E-state index in [1.165, 1.54) is 0 Å². The van der Waals surface area contributed by atoms with E-state index in [9.17, 15) is 13.2 Å². The molecule has 0 bridgehead atoms. The number of nitrogens with one attached hydrogen (secondary N) is 3. The number of benzene rings is 2. The van der Waals surface area contributed by atoms with Gasteiger partial charge in [0.05, 0.1) is 48.4 Å². The Hall–Kier alpha value is -2.30. The zero-order valence-electron chi connectivity index (χ0n) is 20.8. The molecule has 1 aliphatic heterocycles. The molecule has 0 aliphatic carbocycles. The molecule has 0 radical (unpaired) electrons. The van der Waals surface area contributed by atoms with Gasteiger partial charge in [0.2, 0.25) is 5.95 Å². The number of halogens is 7. The Morgan fingerprint density at radius 2 is 1.87 bits per heavy atom. The number of anilines is 3. The molecular formula is C26H25Cl4F3N6.